The second-order valence-electron chi connectivity index (χ2n) is 4.66. The van der Waals surface area contributed by atoms with Gasteiger partial charge in [-0.3, -0.25) is 9.69 Å². The van der Waals surface area contributed by atoms with Crippen LogP contribution in [0.15, 0.2) is 0 Å². The molecule has 0 spiro atoms. The average molecular weight is 227 g/mol. The first kappa shape index (κ1) is 13.5. The molecule has 1 heterocycles. The van der Waals surface area contributed by atoms with E-state index in [9.17, 15) is 4.79 Å². The summed E-state index contributed by atoms with van der Waals surface area (Å²) in [4.78, 5) is 14.1. The molecule has 2 N–H and O–H groups in total. The van der Waals surface area contributed by atoms with E-state index in [0.717, 1.165) is 32.5 Å². The lowest BCUT2D eigenvalue weighted by Crippen LogP contribution is -2.59. The molecule has 1 atom stereocenters. The van der Waals surface area contributed by atoms with E-state index in [1.807, 2.05) is 6.92 Å². The minimum absolute atomic E-state index is 0.162. The lowest BCUT2D eigenvalue weighted by molar-refractivity contribution is -0.123. The number of carbonyl (C=O) groups is 1. The van der Waals surface area contributed by atoms with Gasteiger partial charge >= 0.3 is 0 Å². The molecule has 1 fully saturated rings. The Morgan fingerprint density at radius 1 is 1.50 bits per heavy atom. The third kappa shape index (κ3) is 4.10. The van der Waals surface area contributed by atoms with Gasteiger partial charge in [-0.15, -0.1) is 0 Å². The number of nitrogens with one attached hydrogen (secondary N) is 2. The van der Waals surface area contributed by atoms with Crippen LogP contribution in [0.1, 0.15) is 33.6 Å². The molecule has 1 saturated heterocycles. The van der Waals surface area contributed by atoms with E-state index in [-0.39, 0.29) is 11.9 Å². The quantitative estimate of drug-likeness (QED) is 0.669. The van der Waals surface area contributed by atoms with E-state index in [0.29, 0.717) is 12.6 Å². The van der Waals surface area contributed by atoms with E-state index in [2.05, 4.69) is 29.4 Å². The SMILES string of the molecule is CCCN(CC(=O)NC(C)CC)C1CNC1. The molecule has 0 radical (unpaired) electrons. The van der Waals surface area contributed by atoms with Crippen LogP contribution in [-0.4, -0.2) is 49.1 Å². The van der Waals surface area contributed by atoms with Crippen molar-refractivity contribution in [2.24, 2.45) is 0 Å². The van der Waals surface area contributed by atoms with E-state index in [1.165, 1.54) is 0 Å². The van der Waals surface area contributed by atoms with Crippen molar-refractivity contribution >= 4 is 5.91 Å². The molecule has 4 nitrogen and oxygen atoms in total. The van der Waals surface area contributed by atoms with Crippen molar-refractivity contribution in [3.05, 3.63) is 0 Å². The van der Waals surface area contributed by atoms with Gasteiger partial charge in [0, 0.05) is 25.2 Å². The second-order valence-corrected chi connectivity index (χ2v) is 4.66. The van der Waals surface area contributed by atoms with E-state index in [1.54, 1.807) is 0 Å². The number of carbonyl (C=O) groups excluding carboxylic acids is 1. The Bertz CT molecular complexity index is 216. The second kappa shape index (κ2) is 6.86. The molecule has 1 rings (SSSR count). The Balaban J connectivity index is 2.32. The molecular formula is C12H25N3O. The summed E-state index contributed by atoms with van der Waals surface area (Å²) < 4.78 is 0. The molecule has 0 aromatic heterocycles. The molecule has 16 heavy (non-hydrogen) atoms. The van der Waals surface area contributed by atoms with Gasteiger partial charge in [-0.1, -0.05) is 13.8 Å². The monoisotopic (exact) mass is 227 g/mol. The van der Waals surface area contributed by atoms with Gasteiger partial charge in [0.2, 0.25) is 5.91 Å². The maximum atomic E-state index is 11.8. The summed E-state index contributed by atoms with van der Waals surface area (Å²) in [5.74, 6) is 0.162. The van der Waals surface area contributed by atoms with Gasteiger partial charge in [0.25, 0.3) is 0 Å². The van der Waals surface area contributed by atoms with E-state index in [4.69, 9.17) is 0 Å². The van der Waals surface area contributed by atoms with Gasteiger partial charge in [-0.25, -0.2) is 0 Å². The Hall–Kier alpha value is -0.610. The minimum Gasteiger partial charge on any atom is -0.353 e. The van der Waals surface area contributed by atoms with Crippen LogP contribution >= 0.6 is 0 Å². The van der Waals surface area contributed by atoms with E-state index < -0.39 is 0 Å². The molecule has 1 aliphatic heterocycles. The predicted octanol–water partition coefficient (Wildman–Crippen LogP) is 0.585. The van der Waals surface area contributed by atoms with Crippen LogP contribution in [0.4, 0.5) is 0 Å². The van der Waals surface area contributed by atoms with Gasteiger partial charge in [-0.05, 0) is 26.3 Å². The zero-order valence-electron chi connectivity index (χ0n) is 10.8. The van der Waals surface area contributed by atoms with Crippen molar-refractivity contribution < 1.29 is 4.79 Å². The molecule has 4 heteroatoms. The maximum absolute atomic E-state index is 11.8. The molecule has 0 bridgehead atoms. The number of hydrogen-bond donors (Lipinski definition) is 2. The Morgan fingerprint density at radius 3 is 2.62 bits per heavy atom. The van der Waals surface area contributed by atoms with Crippen molar-refractivity contribution in [3.63, 3.8) is 0 Å². The van der Waals surface area contributed by atoms with Crippen LogP contribution in [0.2, 0.25) is 0 Å². The van der Waals surface area contributed by atoms with Gasteiger partial charge in [0.05, 0.1) is 6.54 Å². The highest BCUT2D eigenvalue weighted by Gasteiger charge is 2.25. The molecule has 0 aliphatic carbocycles. The topological polar surface area (TPSA) is 44.4 Å². The number of amides is 1. The summed E-state index contributed by atoms with van der Waals surface area (Å²) in [5, 5.41) is 6.27. The lowest BCUT2D eigenvalue weighted by Gasteiger charge is -2.37. The standard InChI is InChI=1S/C12H25N3O/c1-4-6-15(11-7-13-8-11)9-12(16)14-10(3)5-2/h10-11,13H,4-9H2,1-3H3,(H,14,16). The first-order chi connectivity index (χ1) is 7.67. The third-order valence-electron chi connectivity index (χ3n) is 3.15. The highest BCUT2D eigenvalue weighted by Crippen LogP contribution is 2.05. The number of nitrogens with zero attached hydrogens (tertiary/aromatic N) is 1. The third-order valence-corrected chi connectivity index (χ3v) is 3.15. The summed E-state index contributed by atoms with van der Waals surface area (Å²) in [6.45, 7) is 9.90. The zero-order valence-corrected chi connectivity index (χ0v) is 10.8. The number of rotatable bonds is 7. The first-order valence-electron chi connectivity index (χ1n) is 6.41. The van der Waals surface area contributed by atoms with Crippen molar-refractivity contribution in [3.8, 4) is 0 Å². The van der Waals surface area contributed by atoms with Crippen LogP contribution in [0, 0.1) is 0 Å². The summed E-state index contributed by atoms with van der Waals surface area (Å²) >= 11 is 0. The fraction of sp³-hybridized carbons (Fsp3) is 0.917. The highest BCUT2D eigenvalue weighted by molar-refractivity contribution is 5.78. The van der Waals surface area contributed by atoms with Gasteiger partial charge < -0.3 is 10.6 Å². The molecule has 1 aliphatic rings. The Kier molecular flexibility index (Phi) is 5.77. The summed E-state index contributed by atoms with van der Waals surface area (Å²) in [5.41, 5.74) is 0. The minimum atomic E-state index is 0.162. The van der Waals surface area contributed by atoms with E-state index >= 15 is 0 Å². The molecule has 94 valence electrons. The van der Waals surface area contributed by atoms with Crippen molar-refractivity contribution in [1.29, 1.82) is 0 Å². The number of hydrogen-bond acceptors (Lipinski definition) is 3. The summed E-state index contributed by atoms with van der Waals surface area (Å²) in [6.07, 6.45) is 2.09. The predicted molar refractivity (Wildman–Crippen MR) is 66.4 cm³/mol. The molecule has 0 aromatic rings. The van der Waals surface area contributed by atoms with Gasteiger partial charge in [0.1, 0.15) is 0 Å². The smallest absolute Gasteiger partial charge is 0.234 e. The average Bonchev–Trinajstić information content (AvgIpc) is 2.15. The molecular weight excluding hydrogens is 202 g/mol. The molecule has 1 amide bonds. The fourth-order valence-corrected chi connectivity index (χ4v) is 1.82. The lowest BCUT2D eigenvalue weighted by atomic mass is 10.1. The summed E-state index contributed by atoms with van der Waals surface area (Å²) in [7, 11) is 0. The fourth-order valence-electron chi connectivity index (χ4n) is 1.82. The van der Waals surface area contributed by atoms with Crippen LogP contribution in [0.25, 0.3) is 0 Å². The maximum Gasteiger partial charge on any atom is 0.234 e. The first-order valence-corrected chi connectivity index (χ1v) is 6.41. The Labute approximate surface area is 98.8 Å². The van der Waals surface area contributed by atoms with Crippen LogP contribution in [-0.2, 0) is 4.79 Å². The van der Waals surface area contributed by atoms with Crippen molar-refractivity contribution in [1.82, 2.24) is 15.5 Å². The molecule has 0 saturated carbocycles. The van der Waals surface area contributed by atoms with Crippen LogP contribution in [0.3, 0.4) is 0 Å². The Morgan fingerprint density at radius 2 is 2.19 bits per heavy atom. The van der Waals surface area contributed by atoms with Crippen LogP contribution < -0.4 is 10.6 Å². The van der Waals surface area contributed by atoms with Gasteiger partial charge in [0.15, 0.2) is 0 Å². The highest BCUT2D eigenvalue weighted by atomic mass is 16.2. The zero-order chi connectivity index (χ0) is 12.0. The normalized spacial score (nSPS) is 18.2. The molecule has 1 unspecified atom stereocenters. The molecule has 0 aromatic carbocycles. The van der Waals surface area contributed by atoms with Gasteiger partial charge in [-0.2, -0.15) is 0 Å². The summed E-state index contributed by atoms with van der Waals surface area (Å²) in [6, 6.07) is 0.845. The largest absolute Gasteiger partial charge is 0.353 e. The van der Waals surface area contributed by atoms with Crippen LogP contribution in [0.5, 0.6) is 0 Å². The van der Waals surface area contributed by atoms with Crippen molar-refractivity contribution in [2.45, 2.75) is 45.7 Å². The van der Waals surface area contributed by atoms with Crippen molar-refractivity contribution in [2.75, 3.05) is 26.2 Å².